The zero-order chi connectivity index (χ0) is 17.4. The first kappa shape index (κ1) is 15.2. The summed E-state index contributed by atoms with van der Waals surface area (Å²) in [7, 11) is 1.86. The van der Waals surface area contributed by atoms with Crippen molar-refractivity contribution in [1.82, 2.24) is 19.9 Å². The molecule has 0 aliphatic carbocycles. The van der Waals surface area contributed by atoms with Gasteiger partial charge in [0.05, 0.1) is 5.69 Å². The third-order valence-corrected chi connectivity index (χ3v) is 3.83. The zero-order valence-electron chi connectivity index (χ0n) is 13.1. The Morgan fingerprint density at radius 2 is 1.76 bits per heavy atom. The van der Waals surface area contributed by atoms with E-state index in [1.54, 1.807) is 10.9 Å². The van der Waals surface area contributed by atoms with Gasteiger partial charge in [-0.05, 0) is 30.3 Å². The summed E-state index contributed by atoms with van der Waals surface area (Å²) in [6.07, 6.45) is 1.72. The lowest BCUT2D eigenvalue weighted by Crippen LogP contribution is -1.93. The molecule has 0 saturated heterocycles. The monoisotopic (exact) mass is 338 g/mol. The SMILES string of the molecule is Cn1nccc1-c1cccc(-c2noc(-c3ccc(F)c(F)c3)n2)c1. The van der Waals surface area contributed by atoms with E-state index in [4.69, 9.17) is 4.52 Å². The van der Waals surface area contributed by atoms with Crippen LogP contribution in [0.15, 0.2) is 59.3 Å². The van der Waals surface area contributed by atoms with Crippen molar-refractivity contribution in [2.75, 3.05) is 0 Å². The van der Waals surface area contributed by atoms with E-state index in [0.717, 1.165) is 29.0 Å². The molecule has 4 aromatic rings. The second kappa shape index (κ2) is 5.94. The number of aryl methyl sites for hydroxylation is 1. The van der Waals surface area contributed by atoms with Crippen molar-refractivity contribution in [2.24, 2.45) is 7.05 Å². The van der Waals surface area contributed by atoms with Gasteiger partial charge in [0, 0.05) is 29.9 Å². The summed E-state index contributed by atoms with van der Waals surface area (Å²) in [5, 5.41) is 8.09. The zero-order valence-corrected chi connectivity index (χ0v) is 13.1. The summed E-state index contributed by atoms with van der Waals surface area (Å²) in [4.78, 5) is 4.28. The van der Waals surface area contributed by atoms with Gasteiger partial charge in [0.1, 0.15) is 0 Å². The molecule has 25 heavy (non-hydrogen) atoms. The van der Waals surface area contributed by atoms with Crippen LogP contribution in [-0.4, -0.2) is 19.9 Å². The maximum atomic E-state index is 13.4. The third kappa shape index (κ3) is 2.80. The predicted molar refractivity (Wildman–Crippen MR) is 87.3 cm³/mol. The van der Waals surface area contributed by atoms with Gasteiger partial charge in [-0.1, -0.05) is 23.4 Å². The Labute approximate surface area is 141 Å². The molecule has 0 aliphatic heterocycles. The van der Waals surface area contributed by atoms with Gasteiger partial charge in [0.25, 0.3) is 5.89 Å². The summed E-state index contributed by atoms with van der Waals surface area (Å²) < 4.78 is 33.4. The van der Waals surface area contributed by atoms with Crippen LogP contribution in [0.25, 0.3) is 34.1 Å². The summed E-state index contributed by atoms with van der Waals surface area (Å²) in [6, 6.07) is 12.9. The molecule has 0 spiro atoms. The second-order valence-electron chi connectivity index (χ2n) is 5.47. The molecule has 0 unspecified atom stereocenters. The van der Waals surface area contributed by atoms with Gasteiger partial charge in [-0.15, -0.1) is 0 Å². The Bertz CT molecular complexity index is 1050. The number of hydrogen-bond donors (Lipinski definition) is 0. The van der Waals surface area contributed by atoms with E-state index in [2.05, 4.69) is 15.2 Å². The highest BCUT2D eigenvalue weighted by molar-refractivity contribution is 5.68. The minimum Gasteiger partial charge on any atom is -0.334 e. The summed E-state index contributed by atoms with van der Waals surface area (Å²) in [6.45, 7) is 0. The van der Waals surface area contributed by atoms with Crippen LogP contribution in [-0.2, 0) is 7.05 Å². The van der Waals surface area contributed by atoms with E-state index < -0.39 is 11.6 Å². The van der Waals surface area contributed by atoms with Crippen LogP contribution in [0.3, 0.4) is 0 Å². The molecule has 124 valence electrons. The van der Waals surface area contributed by atoms with Gasteiger partial charge in [0.15, 0.2) is 11.6 Å². The lowest BCUT2D eigenvalue weighted by Gasteiger charge is -2.03. The molecule has 5 nitrogen and oxygen atoms in total. The molecule has 0 fully saturated rings. The number of rotatable bonds is 3. The number of nitrogens with zero attached hydrogens (tertiary/aromatic N) is 4. The van der Waals surface area contributed by atoms with Crippen molar-refractivity contribution in [3.8, 4) is 34.1 Å². The second-order valence-corrected chi connectivity index (χ2v) is 5.47. The third-order valence-electron chi connectivity index (χ3n) is 3.83. The number of aromatic nitrogens is 4. The predicted octanol–water partition coefficient (Wildman–Crippen LogP) is 4.08. The van der Waals surface area contributed by atoms with E-state index in [1.165, 1.54) is 6.07 Å². The minimum atomic E-state index is -0.963. The molecule has 0 amide bonds. The molecule has 0 radical (unpaired) electrons. The molecule has 0 saturated carbocycles. The molecule has 0 bridgehead atoms. The average molecular weight is 338 g/mol. The van der Waals surface area contributed by atoms with Gasteiger partial charge in [-0.3, -0.25) is 4.68 Å². The number of benzene rings is 2. The maximum Gasteiger partial charge on any atom is 0.258 e. The van der Waals surface area contributed by atoms with Crippen LogP contribution >= 0.6 is 0 Å². The topological polar surface area (TPSA) is 56.7 Å². The van der Waals surface area contributed by atoms with Crippen LogP contribution in [0.2, 0.25) is 0 Å². The molecular formula is C18H12F2N4O. The molecular weight excluding hydrogens is 326 g/mol. The molecule has 0 aliphatic rings. The Morgan fingerprint density at radius 3 is 2.52 bits per heavy atom. The molecule has 2 aromatic heterocycles. The van der Waals surface area contributed by atoms with Crippen LogP contribution in [0.1, 0.15) is 0 Å². The van der Waals surface area contributed by atoms with E-state index >= 15 is 0 Å². The Hall–Kier alpha value is -3.35. The number of halogens is 2. The fourth-order valence-electron chi connectivity index (χ4n) is 2.56. The van der Waals surface area contributed by atoms with Crippen molar-refractivity contribution in [2.45, 2.75) is 0 Å². The highest BCUT2D eigenvalue weighted by Gasteiger charge is 2.14. The van der Waals surface area contributed by atoms with E-state index in [9.17, 15) is 8.78 Å². The highest BCUT2D eigenvalue weighted by Crippen LogP contribution is 2.27. The Balaban J connectivity index is 1.71. The van der Waals surface area contributed by atoms with Crippen molar-refractivity contribution >= 4 is 0 Å². The molecule has 4 rings (SSSR count). The maximum absolute atomic E-state index is 13.4. The smallest absolute Gasteiger partial charge is 0.258 e. The largest absolute Gasteiger partial charge is 0.334 e. The fraction of sp³-hybridized carbons (Fsp3) is 0.0556. The first-order valence-corrected chi connectivity index (χ1v) is 7.50. The van der Waals surface area contributed by atoms with E-state index in [1.807, 2.05) is 37.4 Å². The average Bonchev–Trinajstić information content (AvgIpc) is 3.27. The van der Waals surface area contributed by atoms with Crippen molar-refractivity contribution in [3.63, 3.8) is 0 Å². The van der Waals surface area contributed by atoms with Gasteiger partial charge < -0.3 is 4.52 Å². The summed E-state index contributed by atoms with van der Waals surface area (Å²) in [5.41, 5.74) is 2.97. The standard InChI is InChI=1S/C18H12F2N4O/c1-24-16(7-8-21-24)11-3-2-4-12(9-11)17-22-18(25-23-17)13-5-6-14(19)15(20)10-13/h2-10H,1H3. The molecule has 2 heterocycles. The van der Waals surface area contributed by atoms with Crippen LogP contribution < -0.4 is 0 Å². The van der Waals surface area contributed by atoms with Crippen molar-refractivity contribution in [3.05, 3.63) is 66.4 Å². The normalized spacial score (nSPS) is 11.0. The quantitative estimate of drug-likeness (QED) is 0.565. The van der Waals surface area contributed by atoms with Crippen LogP contribution in [0, 0.1) is 11.6 Å². The lowest BCUT2D eigenvalue weighted by atomic mass is 10.1. The van der Waals surface area contributed by atoms with E-state index in [0.29, 0.717) is 11.4 Å². The summed E-state index contributed by atoms with van der Waals surface area (Å²) in [5.74, 6) is -1.40. The molecule has 0 N–H and O–H groups in total. The molecule has 2 aromatic carbocycles. The van der Waals surface area contributed by atoms with Crippen LogP contribution in [0.4, 0.5) is 8.78 Å². The first-order chi connectivity index (χ1) is 12.1. The Morgan fingerprint density at radius 1 is 0.920 bits per heavy atom. The number of hydrogen-bond acceptors (Lipinski definition) is 4. The van der Waals surface area contributed by atoms with Crippen molar-refractivity contribution < 1.29 is 13.3 Å². The van der Waals surface area contributed by atoms with Gasteiger partial charge in [-0.2, -0.15) is 10.1 Å². The summed E-state index contributed by atoms with van der Waals surface area (Å²) >= 11 is 0. The van der Waals surface area contributed by atoms with Gasteiger partial charge in [0.2, 0.25) is 5.82 Å². The van der Waals surface area contributed by atoms with Crippen LogP contribution in [0.5, 0.6) is 0 Å². The first-order valence-electron chi connectivity index (χ1n) is 7.50. The van der Waals surface area contributed by atoms with E-state index in [-0.39, 0.29) is 5.89 Å². The highest BCUT2D eigenvalue weighted by atomic mass is 19.2. The van der Waals surface area contributed by atoms with Gasteiger partial charge >= 0.3 is 0 Å². The molecule has 0 atom stereocenters. The van der Waals surface area contributed by atoms with Gasteiger partial charge in [-0.25, -0.2) is 8.78 Å². The minimum absolute atomic E-state index is 0.125. The van der Waals surface area contributed by atoms with Crippen molar-refractivity contribution in [1.29, 1.82) is 0 Å². The Kier molecular flexibility index (Phi) is 3.61. The lowest BCUT2D eigenvalue weighted by molar-refractivity contribution is 0.431. The molecule has 7 heteroatoms. The fourth-order valence-corrected chi connectivity index (χ4v) is 2.56.